The van der Waals surface area contributed by atoms with Gasteiger partial charge in [0.15, 0.2) is 0 Å². The van der Waals surface area contributed by atoms with E-state index in [1.54, 1.807) is 7.11 Å². The summed E-state index contributed by atoms with van der Waals surface area (Å²) in [4.78, 5) is 15.8. The van der Waals surface area contributed by atoms with Gasteiger partial charge in [-0.25, -0.2) is 0 Å². The fourth-order valence-corrected chi connectivity index (χ4v) is 6.33. The first kappa shape index (κ1) is 24.2. The number of hydrogen-bond acceptors (Lipinski definition) is 3. The van der Waals surface area contributed by atoms with Gasteiger partial charge < -0.3 is 10.1 Å². The Bertz CT molecular complexity index is 1370. The van der Waals surface area contributed by atoms with Crippen LogP contribution in [0.4, 0.5) is 11.4 Å². The van der Waals surface area contributed by atoms with Crippen LogP contribution in [0.3, 0.4) is 0 Å². The van der Waals surface area contributed by atoms with Gasteiger partial charge in [0.25, 0.3) is 5.91 Å². The maximum Gasteiger partial charge on any atom is 0.259 e. The van der Waals surface area contributed by atoms with Gasteiger partial charge in [0.05, 0.1) is 18.3 Å². The van der Waals surface area contributed by atoms with E-state index in [0.717, 1.165) is 23.4 Å². The average molecular weight is 481 g/mol. The van der Waals surface area contributed by atoms with Crippen molar-refractivity contribution in [1.82, 2.24) is 0 Å². The van der Waals surface area contributed by atoms with Crippen molar-refractivity contribution in [3.05, 3.63) is 95.1 Å². The molecule has 4 heteroatoms. The van der Waals surface area contributed by atoms with Crippen molar-refractivity contribution in [3.63, 3.8) is 0 Å². The van der Waals surface area contributed by atoms with Crippen LogP contribution in [0.5, 0.6) is 5.75 Å². The number of allylic oxidation sites excluding steroid dienone is 1. The second-order valence-corrected chi connectivity index (χ2v) is 11.6. The lowest BCUT2D eigenvalue weighted by atomic mass is 9.65. The van der Waals surface area contributed by atoms with Crippen LogP contribution in [-0.4, -0.2) is 24.1 Å². The summed E-state index contributed by atoms with van der Waals surface area (Å²) >= 11 is 0. The molecular formula is C32H36N2O2. The van der Waals surface area contributed by atoms with Crippen LogP contribution in [0.2, 0.25) is 0 Å². The van der Waals surface area contributed by atoms with Gasteiger partial charge in [0.2, 0.25) is 0 Å². The first-order valence-corrected chi connectivity index (χ1v) is 12.7. The molecule has 2 aliphatic rings. The topological polar surface area (TPSA) is 41.6 Å². The van der Waals surface area contributed by atoms with Gasteiger partial charge in [0.1, 0.15) is 5.75 Å². The van der Waals surface area contributed by atoms with Crippen molar-refractivity contribution in [2.75, 3.05) is 17.3 Å². The van der Waals surface area contributed by atoms with Crippen molar-refractivity contribution in [1.29, 1.82) is 0 Å². The van der Waals surface area contributed by atoms with E-state index in [9.17, 15) is 4.79 Å². The minimum Gasteiger partial charge on any atom is -0.497 e. The van der Waals surface area contributed by atoms with Crippen molar-refractivity contribution in [2.45, 2.75) is 64.5 Å². The summed E-state index contributed by atoms with van der Waals surface area (Å²) in [5.74, 6) is 0.726. The van der Waals surface area contributed by atoms with Crippen LogP contribution in [-0.2, 0) is 5.41 Å². The van der Waals surface area contributed by atoms with E-state index in [2.05, 4.69) is 95.4 Å². The molecule has 0 fully saturated rings. The number of methoxy groups -OCH3 is 1. The lowest BCUT2D eigenvalue weighted by Crippen LogP contribution is -2.49. The molecule has 0 radical (unpaired) electrons. The molecule has 3 aromatic carbocycles. The SMILES string of the molecule is COc1ccc(C(=O)N2c3ccc([C@]4(C)CC(C)(C)Nc5ccccc54)cc3C(C)=CC2(C)C)cc1. The number of carbonyl (C=O) groups excluding carboxylic acids is 1. The molecule has 36 heavy (non-hydrogen) atoms. The lowest BCUT2D eigenvalue weighted by molar-refractivity contribution is 0.0970. The first-order chi connectivity index (χ1) is 16.9. The van der Waals surface area contributed by atoms with Gasteiger partial charge in [-0.2, -0.15) is 0 Å². The molecule has 2 aliphatic heterocycles. The number of fused-ring (bicyclic) bond motifs is 2. The van der Waals surface area contributed by atoms with E-state index in [-0.39, 0.29) is 16.9 Å². The Kier molecular flexibility index (Phi) is 5.55. The Balaban J connectivity index is 1.62. The molecule has 0 saturated heterocycles. The zero-order chi connectivity index (χ0) is 25.9. The van der Waals surface area contributed by atoms with Gasteiger partial charge >= 0.3 is 0 Å². The minimum atomic E-state index is -0.455. The summed E-state index contributed by atoms with van der Waals surface area (Å²) in [6.07, 6.45) is 3.18. The highest BCUT2D eigenvalue weighted by atomic mass is 16.5. The van der Waals surface area contributed by atoms with Crippen LogP contribution in [0.1, 0.15) is 75.0 Å². The van der Waals surface area contributed by atoms with Crippen molar-refractivity contribution in [2.24, 2.45) is 0 Å². The Morgan fingerprint density at radius 2 is 1.64 bits per heavy atom. The maximum atomic E-state index is 13.8. The highest BCUT2D eigenvalue weighted by molar-refractivity contribution is 6.10. The van der Waals surface area contributed by atoms with Crippen molar-refractivity contribution in [3.8, 4) is 5.75 Å². The molecule has 5 rings (SSSR count). The molecule has 2 heterocycles. The number of benzene rings is 3. The molecule has 0 saturated carbocycles. The summed E-state index contributed by atoms with van der Waals surface area (Å²) in [6, 6.07) is 22.7. The summed E-state index contributed by atoms with van der Waals surface area (Å²) in [5.41, 5.74) is 7.04. The minimum absolute atomic E-state index is 0.0139. The normalized spacial score (nSPS) is 21.5. The standard InChI is InChI=1S/C32H36N2O2/c1-21-19-31(4,5)34(29(35)22-12-15-24(36-7)16-13-22)28-17-14-23(18-25(21)28)32(6)20-30(2,3)33-27-11-9-8-10-26(27)32/h8-19,33H,20H2,1-7H3/t32-/m0/s1. The lowest BCUT2D eigenvalue weighted by Gasteiger charge is -2.47. The van der Waals surface area contributed by atoms with E-state index in [1.165, 1.54) is 22.4 Å². The summed E-state index contributed by atoms with van der Waals surface area (Å²) < 4.78 is 5.29. The Morgan fingerprint density at radius 1 is 0.944 bits per heavy atom. The fourth-order valence-electron chi connectivity index (χ4n) is 6.33. The third-order valence-electron chi connectivity index (χ3n) is 7.78. The van der Waals surface area contributed by atoms with E-state index >= 15 is 0 Å². The Labute approximate surface area is 215 Å². The fraction of sp³-hybridized carbons (Fsp3) is 0.344. The monoisotopic (exact) mass is 480 g/mol. The second-order valence-electron chi connectivity index (χ2n) is 11.6. The maximum absolute atomic E-state index is 13.8. The zero-order valence-electron chi connectivity index (χ0n) is 22.4. The number of ether oxygens (including phenoxy) is 1. The summed E-state index contributed by atoms with van der Waals surface area (Å²) in [5, 5.41) is 3.72. The van der Waals surface area contributed by atoms with E-state index < -0.39 is 5.54 Å². The zero-order valence-corrected chi connectivity index (χ0v) is 22.4. The third kappa shape index (κ3) is 3.89. The predicted molar refractivity (Wildman–Crippen MR) is 149 cm³/mol. The molecule has 1 atom stereocenters. The number of anilines is 2. The molecule has 1 amide bonds. The molecule has 0 unspecified atom stereocenters. The number of hydrogen-bond donors (Lipinski definition) is 1. The number of nitrogens with zero attached hydrogens (tertiary/aromatic N) is 1. The van der Waals surface area contributed by atoms with E-state index in [0.29, 0.717) is 5.56 Å². The van der Waals surface area contributed by atoms with Gasteiger partial charge in [-0.1, -0.05) is 37.3 Å². The van der Waals surface area contributed by atoms with Gasteiger partial charge in [0, 0.05) is 27.8 Å². The molecule has 3 aromatic rings. The number of nitrogens with one attached hydrogen (secondary N) is 1. The number of rotatable bonds is 3. The Hall–Kier alpha value is -3.53. The highest BCUT2D eigenvalue weighted by Gasteiger charge is 2.43. The smallest absolute Gasteiger partial charge is 0.259 e. The van der Waals surface area contributed by atoms with Crippen LogP contribution < -0.4 is 15.0 Å². The molecule has 4 nitrogen and oxygen atoms in total. The van der Waals surface area contributed by atoms with Crippen molar-refractivity contribution < 1.29 is 9.53 Å². The largest absolute Gasteiger partial charge is 0.497 e. The van der Waals surface area contributed by atoms with Crippen LogP contribution >= 0.6 is 0 Å². The molecule has 0 spiro atoms. The number of para-hydroxylation sites is 1. The van der Waals surface area contributed by atoms with Gasteiger partial charge in [-0.15, -0.1) is 0 Å². The number of carbonyl (C=O) groups is 1. The average Bonchev–Trinajstić information content (AvgIpc) is 2.82. The number of amides is 1. The molecule has 0 bridgehead atoms. The molecule has 0 aliphatic carbocycles. The van der Waals surface area contributed by atoms with Crippen molar-refractivity contribution >= 4 is 22.9 Å². The Morgan fingerprint density at radius 3 is 2.33 bits per heavy atom. The van der Waals surface area contributed by atoms with Gasteiger partial charge in [-0.3, -0.25) is 9.69 Å². The van der Waals surface area contributed by atoms with Crippen LogP contribution in [0.25, 0.3) is 5.57 Å². The molecule has 0 aromatic heterocycles. The summed E-state index contributed by atoms with van der Waals surface area (Å²) in [6.45, 7) is 13.2. The predicted octanol–water partition coefficient (Wildman–Crippen LogP) is 7.44. The van der Waals surface area contributed by atoms with E-state index in [1.807, 2.05) is 29.2 Å². The third-order valence-corrected chi connectivity index (χ3v) is 7.78. The van der Waals surface area contributed by atoms with Gasteiger partial charge in [-0.05, 0) is 100 Å². The summed E-state index contributed by atoms with van der Waals surface area (Å²) in [7, 11) is 1.63. The first-order valence-electron chi connectivity index (χ1n) is 12.7. The van der Waals surface area contributed by atoms with Crippen LogP contribution in [0, 0.1) is 0 Å². The second kappa shape index (κ2) is 8.26. The highest BCUT2D eigenvalue weighted by Crippen LogP contribution is 2.49. The molecular weight excluding hydrogens is 444 g/mol. The molecule has 1 N–H and O–H groups in total. The quantitative estimate of drug-likeness (QED) is 0.424. The van der Waals surface area contributed by atoms with Crippen LogP contribution in [0.15, 0.2) is 72.8 Å². The molecule has 186 valence electrons. The van der Waals surface area contributed by atoms with E-state index in [4.69, 9.17) is 4.74 Å².